The van der Waals surface area contributed by atoms with Gasteiger partial charge in [-0.3, -0.25) is 9.59 Å². The van der Waals surface area contributed by atoms with Gasteiger partial charge in [-0.15, -0.1) is 0 Å². The van der Waals surface area contributed by atoms with E-state index in [0.717, 1.165) is 32.7 Å². The number of ether oxygens (including phenoxy) is 1. The number of nitrogens with one attached hydrogen (secondary N) is 1. The van der Waals surface area contributed by atoms with Crippen molar-refractivity contribution in [3.8, 4) is 0 Å². The standard InChI is InChI=1S/C13H24N4O3/c1-16-4-6-17(7-5-16)3-2-12(19)15-13(8-11(14)18)9-20-10-13/h2-10H2,1H3,(H2,14,18)(H,15,19). The first kappa shape index (κ1) is 15.2. The lowest BCUT2D eigenvalue weighted by molar-refractivity contribution is -0.138. The molecule has 2 amide bonds. The molecule has 20 heavy (non-hydrogen) atoms. The average molecular weight is 284 g/mol. The first-order valence-electron chi connectivity index (χ1n) is 7.07. The van der Waals surface area contributed by atoms with Crippen LogP contribution >= 0.6 is 0 Å². The number of piperazine rings is 1. The zero-order chi connectivity index (χ0) is 14.6. The largest absolute Gasteiger partial charge is 0.376 e. The molecule has 114 valence electrons. The highest BCUT2D eigenvalue weighted by molar-refractivity contribution is 5.80. The Hall–Kier alpha value is -1.18. The molecule has 2 saturated heterocycles. The summed E-state index contributed by atoms with van der Waals surface area (Å²) in [6.07, 6.45) is 0.595. The summed E-state index contributed by atoms with van der Waals surface area (Å²) in [7, 11) is 2.11. The molecule has 2 fully saturated rings. The highest BCUT2D eigenvalue weighted by Crippen LogP contribution is 2.21. The van der Waals surface area contributed by atoms with Crippen LogP contribution in [0.15, 0.2) is 0 Å². The third-order valence-corrected chi connectivity index (χ3v) is 3.92. The van der Waals surface area contributed by atoms with Gasteiger partial charge in [-0.2, -0.15) is 0 Å². The zero-order valence-electron chi connectivity index (χ0n) is 12.1. The predicted molar refractivity (Wildman–Crippen MR) is 74.1 cm³/mol. The van der Waals surface area contributed by atoms with Gasteiger partial charge in [0.05, 0.1) is 25.2 Å². The molecule has 0 aromatic carbocycles. The minimum Gasteiger partial charge on any atom is -0.376 e. The monoisotopic (exact) mass is 284 g/mol. The van der Waals surface area contributed by atoms with Gasteiger partial charge in [0.15, 0.2) is 0 Å². The Morgan fingerprint density at radius 2 is 1.90 bits per heavy atom. The Labute approximate surface area is 119 Å². The maximum Gasteiger partial charge on any atom is 0.221 e. The van der Waals surface area contributed by atoms with E-state index < -0.39 is 11.4 Å². The number of hydrogen-bond donors (Lipinski definition) is 2. The summed E-state index contributed by atoms with van der Waals surface area (Å²) >= 11 is 0. The molecule has 2 heterocycles. The van der Waals surface area contributed by atoms with Crippen LogP contribution < -0.4 is 11.1 Å². The third kappa shape index (κ3) is 4.16. The van der Waals surface area contributed by atoms with Crippen molar-refractivity contribution in [2.45, 2.75) is 18.4 Å². The maximum absolute atomic E-state index is 12.0. The molecule has 7 heteroatoms. The summed E-state index contributed by atoms with van der Waals surface area (Å²) in [5.74, 6) is -0.443. The van der Waals surface area contributed by atoms with Crippen LogP contribution in [0, 0.1) is 0 Å². The molecule has 0 aromatic heterocycles. The van der Waals surface area contributed by atoms with Gasteiger partial charge in [0.25, 0.3) is 0 Å². The topological polar surface area (TPSA) is 87.9 Å². The van der Waals surface area contributed by atoms with Crippen LogP contribution in [0.2, 0.25) is 0 Å². The van der Waals surface area contributed by atoms with Crippen molar-refractivity contribution in [2.24, 2.45) is 5.73 Å². The van der Waals surface area contributed by atoms with E-state index in [2.05, 4.69) is 22.2 Å². The average Bonchev–Trinajstić information content (AvgIpc) is 2.35. The fourth-order valence-electron chi connectivity index (χ4n) is 2.59. The number of rotatable bonds is 6. The van der Waals surface area contributed by atoms with Gasteiger partial charge in [0, 0.05) is 39.1 Å². The third-order valence-electron chi connectivity index (χ3n) is 3.92. The number of nitrogens with two attached hydrogens (primary N) is 1. The fourth-order valence-corrected chi connectivity index (χ4v) is 2.59. The van der Waals surface area contributed by atoms with Gasteiger partial charge < -0.3 is 25.6 Å². The van der Waals surface area contributed by atoms with Crippen LogP contribution in [0.4, 0.5) is 0 Å². The maximum atomic E-state index is 12.0. The predicted octanol–water partition coefficient (Wildman–Crippen LogP) is -1.62. The number of carbonyl (C=O) groups is 2. The van der Waals surface area contributed by atoms with Crippen molar-refractivity contribution in [2.75, 3.05) is 53.0 Å². The molecule has 0 saturated carbocycles. The quantitative estimate of drug-likeness (QED) is 0.612. The molecule has 3 N–H and O–H groups in total. The highest BCUT2D eigenvalue weighted by atomic mass is 16.5. The van der Waals surface area contributed by atoms with Crippen molar-refractivity contribution >= 4 is 11.8 Å². The van der Waals surface area contributed by atoms with Crippen molar-refractivity contribution in [3.63, 3.8) is 0 Å². The van der Waals surface area contributed by atoms with Gasteiger partial charge >= 0.3 is 0 Å². The second-order valence-electron chi connectivity index (χ2n) is 5.86. The lowest BCUT2D eigenvalue weighted by atomic mass is 9.92. The van der Waals surface area contributed by atoms with E-state index in [1.807, 2.05) is 0 Å². The zero-order valence-corrected chi connectivity index (χ0v) is 12.1. The molecule has 2 rings (SSSR count). The Kier molecular flexibility index (Phi) is 4.95. The van der Waals surface area contributed by atoms with Crippen LogP contribution in [0.3, 0.4) is 0 Å². The number of hydrogen-bond acceptors (Lipinski definition) is 5. The molecule has 2 aliphatic rings. The molecule has 0 unspecified atom stereocenters. The normalized spacial score (nSPS) is 23.1. The summed E-state index contributed by atoms with van der Waals surface area (Å²) in [5, 5.41) is 2.91. The summed E-state index contributed by atoms with van der Waals surface area (Å²) in [4.78, 5) is 27.6. The number of amides is 2. The van der Waals surface area contributed by atoms with Crippen LogP contribution in [-0.2, 0) is 14.3 Å². The number of likely N-dealkylation sites (N-methyl/N-ethyl adjacent to an activating group) is 1. The minimum absolute atomic E-state index is 0.0338. The molecule has 7 nitrogen and oxygen atoms in total. The SMILES string of the molecule is CN1CCN(CCC(=O)NC2(CC(N)=O)COC2)CC1. The molecule has 0 bridgehead atoms. The van der Waals surface area contributed by atoms with E-state index in [9.17, 15) is 9.59 Å². The van der Waals surface area contributed by atoms with E-state index >= 15 is 0 Å². The number of primary amides is 1. The molecular formula is C13H24N4O3. The molecule has 0 aliphatic carbocycles. The fraction of sp³-hybridized carbons (Fsp3) is 0.846. The van der Waals surface area contributed by atoms with Gasteiger partial charge in [-0.05, 0) is 7.05 Å². The molecule has 0 aromatic rings. The molecular weight excluding hydrogens is 260 g/mol. The second kappa shape index (κ2) is 6.51. The number of carbonyl (C=O) groups excluding carboxylic acids is 2. The minimum atomic E-state index is -0.564. The van der Waals surface area contributed by atoms with Crippen molar-refractivity contribution < 1.29 is 14.3 Å². The van der Waals surface area contributed by atoms with Crippen LogP contribution in [0.25, 0.3) is 0 Å². The molecule has 0 atom stereocenters. The van der Waals surface area contributed by atoms with Gasteiger partial charge in [0.2, 0.25) is 11.8 Å². The Morgan fingerprint density at radius 3 is 2.40 bits per heavy atom. The van der Waals surface area contributed by atoms with E-state index in [1.54, 1.807) is 0 Å². The summed E-state index contributed by atoms with van der Waals surface area (Å²) in [5.41, 5.74) is 4.64. The van der Waals surface area contributed by atoms with Gasteiger partial charge in [-0.25, -0.2) is 0 Å². The van der Waals surface area contributed by atoms with Crippen molar-refractivity contribution in [1.82, 2.24) is 15.1 Å². The van der Waals surface area contributed by atoms with Crippen molar-refractivity contribution in [1.29, 1.82) is 0 Å². The van der Waals surface area contributed by atoms with E-state index in [1.165, 1.54) is 0 Å². The lowest BCUT2D eigenvalue weighted by Gasteiger charge is -2.41. The number of nitrogens with zero attached hydrogens (tertiary/aromatic N) is 2. The summed E-state index contributed by atoms with van der Waals surface area (Å²) in [6.45, 7) is 5.58. The summed E-state index contributed by atoms with van der Waals surface area (Å²) < 4.78 is 5.11. The van der Waals surface area contributed by atoms with E-state index in [4.69, 9.17) is 10.5 Å². The first-order valence-corrected chi connectivity index (χ1v) is 7.07. The lowest BCUT2D eigenvalue weighted by Crippen LogP contribution is -2.63. The van der Waals surface area contributed by atoms with Crippen LogP contribution in [0.5, 0.6) is 0 Å². The van der Waals surface area contributed by atoms with Crippen LogP contribution in [-0.4, -0.2) is 80.1 Å². The van der Waals surface area contributed by atoms with Crippen molar-refractivity contribution in [3.05, 3.63) is 0 Å². The molecule has 0 radical (unpaired) electrons. The Morgan fingerprint density at radius 1 is 1.25 bits per heavy atom. The smallest absolute Gasteiger partial charge is 0.221 e. The van der Waals surface area contributed by atoms with Crippen LogP contribution in [0.1, 0.15) is 12.8 Å². The Balaban J connectivity index is 1.70. The van der Waals surface area contributed by atoms with E-state index in [-0.39, 0.29) is 12.3 Å². The van der Waals surface area contributed by atoms with Gasteiger partial charge in [0.1, 0.15) is 0 Å². The Bertz CT molecular complexity index is 363. The molecule has 2 aliphatic heterocycles. The highest BCUT2D eigenvalue weighted by Gasteiger charge is 2.41. The second-order valence-corrected chi connectivity index (χ2v) is 5.86. The summed E-state index contributed by atoms with van der Waals surface area (Å²) in [6, 6.07) is 0. The van der Waals surface area contributed by atoms with E-state index in [0.29, 0.717) is 19.6 Å². The molecule has 0 spiro atoms. The van der Waals surface area contributed by atoms with Gasteiger partial charge in [-0.1, -0.05) is 0 Å². The first-order chi connectivity index (χ1) is 9.49.